The molecular weight excluding hydrogens is 203 g/mol. The topological polar surface area (TPSA) is 20.2 Å². The van der Waals surface area contributed by atoms with Gasteiger partial charge in [-0.2, -0.15) is 13.2 Å². The first-order valence-corrected chi connectivity index (χ1v) is 3.79. The molecule has 1 N–H and O–H groups in total. The maximum atomic E-state index is 12.1. The number of alkyl halides is 3. The largest absolute Gasteiger partial charge is 0.449 e. The monoisotopic (exact) mass is 208 g/mol. The van der Waals surface area contributed by atoms with E-state index in [1.165, 1.54) is 0 Å². The minimum absolute atomic E-state index is 0.0719. The Hall–Kier alpha value is -0.675. The minimum Gasteiger partial charge on any atom is -0.449 e. The third-order valence-corrected chi connectivity index (χ3v) is 1.90. The summed E-state index contributed by atoms with van der Waals surface area (Å²) in [5.74, 6) is 0. The van der Waals surface area contributed by atoms with Gasteiger partial charge in [-0.25, -0.2) is 0 Å². The lowest BCUT2D eigenvalue weighted by Crippen LogP contribution is -2.16. The Morgan fingerprint density at radius 3 is 2.31 bits per heavy atom. The Morgan fingerprint density at radius 1 is 1.31 bits per heavy atom. The van der Waals surface area contributed by atoms with Crippen molar-refractivity contribution in [2.75, 3.05) is 0 Å². The highest BCUT2D eigenvalue weighted by molar-refractivity contribution is 6.52. The molecule has 0 fully saturated rings. The molecule has 1 aromatic rings. The van der Waals surface area contributed by atoms with Crippen LogP contribution in [-0.2, 0) is 6.18 Å². The molecule has 0 radical (unpaired) electrons. The second-order valence-electron chi connectivity index (χ2n) is 2.46. The maximum Gasteiger partial charge on any atom is 0.416 e. The summed E-state index contributed by atoms with van der Waals surface area (Å²) in [7, 11) is -0.364. The van der Waals surface area contributed by atoms with E-state index in [0.29, 0.717) is 0 Å². The molecule has 0 aromatic heterocycles. The van der Waals surface area contributed by atoms with Crippen LogP contribution in [0.2, 0.25) is 5.02 Å². The normalized spacial score (nSPS) is 11.5. The predicted octanol–water partition coefficient (Wildman–Crippen LogP) is 1.33. The molecule has 0 aliphatic heterocycles. The number of rotatable bonds is 1. The predicted molar refractivity (Wildman–Crippen MR) is 45.5 cm³/mol. The van der Waals surface area contributed by atoms with Gasteiger partial charge in [0.1, 0.15) is 0 Å². The van der Waals surface area contributed by atoms with Gasteiger partial charge in [0.25, 0.3) is 0 Å². The fourth-order valence-electron chi connectivity index (χ4n) is 0.852. The fourth-order valence-corrected chi connectivity index (χ4v) is 1.09. The smallest absolute Gasteiger partial charge is 0.416 e. The van der Waals surface area contributed by atoms with Crippen LogP contribution in [0.15, 0.2) is 18.2 Å². The Balaban J connectivity index is 3.10. The van der Waals surface area contributed by atoms with Crippen molar-refractivity contribution in [3.05, 3.63) is 28.8 Å². The fraction of sp³-hybridized carbons (Fsp3) is 0.143. The molecule has 13 heavy (non-hydrogen) atoms. The van der Waals surface area contributed by atoms with Crippen LogP contribution in [0.5, 0.6) is 0 Å². The number of benzene rings is 1. The first kappa shape index (κ1) is 10.4. The summed E-state index contributed by atoms with van der Waals surface area (Å²) in [4.78, 5) is 0. The van der Waals surface area contributed by atoms with Crippen LogP contribution in [0.25, 0.3) is 0 Å². The van der Waals surface area contributed by atoms with Crippen LogP contribution in [0, 0.1) is 0 Å². The van der Waals surface area contributed by atoms with Gasteiger partial charge in [0, 0.05) is 5.02 Å². The van der Waals surface area contributed by atoms with Crippen LogP contribution in [0.3, 0.4) is 0 Å². The molecule has 0 saturated carbocycles. The van der Waals surface area contributed by atoms with Crippen molar-refractivity contribution in [2.45, 2.75) is 6.18 Å². The van der Waals surface area contributed by atoms with Gasteiger partial charge < -0.3 is 5.02 Å². The summed E-state index contributed by atoms with van der Waals surface area (Å²) >= 11 is 5.48. The van der Waals surface area contributed by atoms with Gasteiger partial charge in [-0.15, -0.1) is 0 Å². The molecule has 0 atom stereocenters. The third-order valence-electron chi connectivity index (χ3n) is 1.55. The van der Waals surface area contributed by atoms with Gasteiger partial charge in [0.05, 0.1) is 5.56 Å². The molecule has 6 heteroatoms. The van der Waals surface area contributed by atoms with Crippen molar-refractivity contribution in [3.8, 4) is 0 Å². The SMILES string of the molecule is OBc1ccc(C(F)(F)F)cc1Cl. The van der Waals surface area contributed by atoms with Crippen molar-refractivity contribution in [1.29, 1.82) is 0 Å². The molecule has 70 valence electrons. The van der Waals surface area contributed by atoms with E-state index in [0.717, 1.165) is 18.2 Å². The summed E-state index contributed by atoms with van der Waals surface area (Å²) in [5.41, 5.74) is -0.524. The molecule has 0 unspecified atom stereocenters. The minimum atomic E-state index is -4.39. The van der Waals surface area contributed by atoms with Crippen molar-refractivity contribution < 1.29 is 18.2 Å². The highest BCUT2D eigenvalue weighted by Gasteiger charge is 2.30. The van der Waals surface area contributed by atoms with Gasteiger partial charge in [-0.1, -0.05) is 23.7 Å². The summed E-state index contributed by atoms with van der Waals surface area (Å²) in [6.45, 7) is 0. The second kappa shape index (κ2) is 3.60. The number of hydrogen-bond donors (Lipinski definition) is 1. The molecule has 0 saturated heterocycles. The first-order chi connectivity index (χ1) is 5.95. The number of halogens is 4. The van der Waals surface area contributed by atoms with Crippen molar-refractivity contribution >= 4 is 24.5 Å². The van der Waals surface area contributed by atoms with Crippen molar-refractivity contribution in [2.24, 2.45) is 0 Å². The average molecular weight is 208 g/mol. The Kier molecular flexibility index (Phi) is 2.88. The summed E-state index contributed by atoms with van der Waals surface area (Å²) < 4.78 is 36.2. The molecule has 1 nitrogen and oxygen atoms in total. The molecule has 1 aromatic carbocycles. The van der Waals surface area contributed by atoms with E-state index in [2.05, 4.69) is 0 Å². The van der Waals surface area contributed by atoms with E-state index < -0.39 is 11.7 Å². The summed E-state index contributed by atoms with van der Waals surface area (Å²) in [6.07, 6.45) is -4.39. The quantitative estimate of drug-likeness (QED) is 0.690. The van der Waals surface area contributed by atoms with Gasteiger partial charge in [-0.05, 0) is 11.5 Å². The van der Waals surface area contributed by atoms with Crippen molar-refractivity contribution in [3.63, 3.8) is 0 Å². The van der Waals surface area contributed by atoms with E-state index in [9.17, 15) is 13.2 Å². The molecule has 0 aliphatic rings. The molecule has 0 spiro atoms. The first-order valence-electron chi connectivity index (χ1n) is 3.41. The summed E-state index contributed by atoms with van der Waals surface area (Å²) in [5, 5.41) is 8.57. The highest BCUT2D eigenvalue weighted by Crippen LogP contribution is 2.29. The molecular formula is C7H5BClF3O. The Bertz CT molecular complexity index is 313. The Labute approximate surface area is 78.4 Å². The van der Waals surface area contributed by atoms with Crippen LogP contribution in [-0.4, -0.2) is 12.5 Å². The third kappa shape index (κ3) is 2.38. The van der Waals surface area contributed by atoms with Crippen LogP contribution >= 0.6 is 11.6 Å². The van der Waals surface area contributed by atoms with E-state index in [-0.39, 0.29) is 18.0 Å². The van der Waals surface area contributed by atoms with Gasteiger partial charge in [0.15, 0.2) is 0 Å². The van der Waals surface area contributed by atoms with Gasteiger partial charge in [-0.3, -0.25) is 0 Å². The molecule has 1 rings (SSSR count). The number of hydrogen-bond acceptors (Lipinski definition) is 1. The van der Waals surface area contributed by atoms with Crippen LogP contribution in [0.4, 0.5) is 13.2 Å². The standard InChI is InChI=1S/C7H5BClF3O/c9-6-3-4(7(10,11)12)1-2-5(6)8-13/h1-3,8,13H. The van der Waals surface area contributed by atoms with Crippen LogP contribution < -0.4 is 5.46 Å². The van der Waals surface area contributed by atoms with E-state index >= 15 is 0 Å². The zero-order chi connectivity index (χ0) is 10.1. The molecule has 0 aliphatic carbocycles. The second-order valence-corrected chi connectivity index (χ2v) is 2.87. The maximum absolute atomic E-state index is 12.1. The highest BCUT2D eigenvalue weighted by atomic mass is 35.5. The van der Waals surface area contributed by atoms with Crippen molar-refractivity contribution in [1.82, 2.24) is 0 Å². The zero-order valence-electron chi connectivity index (χ0n) is 6.40. The van der Waals surface area contributed by atoms with E-state index in [4.69, 9.17) is 16.6 Å². The van der Waals surface area contributed by atoms with Gasteiger partial charge >= 0.3 is 13.7 Å². The lowest BCUT2D eigenvalue weighted by Gasteiger charge is -2.07. The molecule has 0 heterocycles. The van der Waals surface area contributed by atoms with Crippen LogP contribution in [0.1, 0.15) is 5.56 Å². The zero-order valence-corrected chi connectivity index (χ0v) is 7.15. The van der Waals surface area contributed by atoms with Gasteiger partial charge in [0.2, 0.25) is 0 Å². The van der Waals surface area contributed by atoms with E-state index in [1.807, 2.05) is 0 Å². The average Bonchev–Trinajstić information content (AvgIpc) is 2.02. The van der Waals surface area contributed by atoms with E-state index in [1.54, 1.807) is 0 Å². The lowest BCUT2D eigenvalue weighted by atomic mass is 9.88. The molecule has 0 bridgehead atoms. The summed E-state index contributed by atoms with van der Waals surface area (Å²) in [6, 6.07) is 2.84. The Morgan fingerprint density at radius 2 is 1.92 bits per heavy atom. The lowest BCUT2D eigenvalue weighted by molar-refractivity contribution is -0.137. The molecule has 0 amide bonds.